The molecular weight excluding hydrogens is 204 g/mol. The summed E-state index contributed by atoms with van der Waals surface area (Å²) in [6.07, 6.45) is 5.11. The van der Waals surface area contributed by atoms with Crippen molar-refractivity contribution in [1.82, 2.24) is 10.2 Å². The molecule has 2 unspecified atom stereocenters. The second-order valence-electron chi connectivity index (χ2n) is 4.71. The Morgan fingerprint density at radius 1 is 1.50 bits per heavy atom. The van der Waals surface area contributed by atoms with Gasteiger partial charge in [0.2, 0.25) is 0 Å². The fourth-order valence-electron chi connectivity index (χ4n) is 2.09. The van der Waals surface area contributed by atoms with Crippen LogP contribution in [0.25, 0.3) is 0 Å². The Labute approximate surface area is 99.0 Å². The lowest BCUT2D eigenvalue weighted by molar-refractivity contribution is -0.00203. The van der Waals surface area contributed by atoms with E-state index in [1.165, 1.54) is 19.3 Å². The molecule has 2 N–H and O–H groups in total. The average molecular weight is 230 g/mol. The van der Waals surface area contributed by atoms with Crippen molar-refractivity contribution < 1.29 is 9.84 Å². The molecular formula is C12H26N2O2. The number of likely N-dealkylation sites (N-methyl/N-ethyl adjacent to an activating group) is 2. The molecule has 96 valence electrons. The Morgan fingerprint density at radius 3 is 2.88 bits per heavy atom. The van der Waals surface area contributed by atoms with Gasteiger partial charge in [0.1, 0.15) is 0 Å². The van der Waals surface area contributed by atoms with Crippen LogP contribution < -0.4 is 5.32 Å². The van der Waals surface area contributed by atoms with Gasteiger partial charge in [0.05, 0.1) is 12.7 Å². The number of nitrogens with zero attached hydrogens (tertiary/aromatic N) is 1. The number of hydrogen-bond donors (Lipinski definition) is 2. The number of aliphatic hydroxyl groups is 1. The van der Waals surface area contributed by atoms with Crippen LogP contribution in [0, 0.1) is 0 Å². The van der Waals surface area contributed by atoms with Crippen LogP contribution in [-0.2, 0) is 4.74 Å². The molecule has 1 aliphatic rings. The maximum absolute atomic E-state index is 9.05. The van der Waals surface area contributed by atoms with E-state index in [0.717, 1.165) is 26.1 Å². The van der Waals surface area contributed by atoms with Gasteiger partial charge in [0.15, 0.2) is 0 Å². The summed E-state index contributed by atoms with van der Waals surface area (Å²) in [5.74, 6) is 0. The van der Waals surface area contributed by atoms with Gasteiger partial charge in [0.25, 0.3) is 0 Å². The third-order valence-electron chi connectivity index (χ3n) is 3.28. The highest BCUT2D eigenvalue weighted by Crippen LogP contribution is 2.13. The molecule has 2 atom stereocenters. The van der Waals surface area contributed by atoms with Crippen LogP contribution in [0.2, 0.25) is 0 Å². The van der Waals surface area contributed by atoms with E-state index < -0.39 is 0 Å². The van der Waals surface area contributed by atoms with Crippen molar-refractivity contribution in [3.8, 4) is 0 Å². The van der Waals surface area contributed by atoms with Gasteiger partial charge in [0, 0.05) is 19.2 Å². The van der Waals surface area contributed by atoms with Crippen LogP contribution in [0.4, 0.5) is 0 Å². The van der Waals surface area contributed by atoms with E-state index in [4.69, 9.17) is 9.84 Å². The highest BCUT2D eigenvalue weighted by molar-refractivity contribution is 4.70. The predicted molar refractivity (Wildman–Crippen MR) is 65.6 cm³/mol. The van der Waals surface area contributed by atoms with E-state index in [9.17, 15) is 0 Å². The summed E-state index contributed by atoms with van der Waals surface area (Å²) in [5.41, 5.74) is 0. The topological polar surface area (TPSA) is 44.7 Å². The summed E-state index contributed by atoms with van der Waals surface area (Å²) < 4.78 is 5.70. The third-order valence-corrected chi connectivity index (χ3v) is 3.28. The van der Waals surface area contributed by atoms with Crippen molar-refractivity contribution in [2.45, 2.75) is 37.8 Å². The lowest BCUT2D eigenvalue weighted by Gasteiger charge is -2.28. The molecule has 0 aliphatic carbocycles. The fraction of sp³-hybridized carbons (Fsp3) is 1.00. The van der Waals surface area contributed by atoms with Crippen molar-refractivity contribution in [2.24, 2.45) is 0 Å². The zero-order valence-corrected chi connectivity index (χ0v) is 10.6. The maximum Gasteiger partial charge on any atom is 0.0701 e. The smallest absolute Gasteiger partial charge is 0.0701 e. The van der Waals surface area contributed by atoms with Gasteiger partial charge < -0.3 is 20.1 Å². The van der Waals surface area contributed by atoms with E-state index >= 15 is 0 Å². The predicted octanol–water partition coefficient (Wildman–Crippen LogP) is 0.458. The lowest BCUT2D eigenvalue weighted by Crippen LogP contribution is -2.37. The monoisotopic (exact) mass is 230 g/mol. The molecule has 0 spiro atoms. The zero-order chi connectivity index (χ0) is 11.8. The molecule has 1 fully saturated rings. The first kappa shape index (κ1) is 13.9. The van der Waals surface area contributed by atoms with Crippen molar-refractivity contribution in [3.05, 3.63) is 0 Å². The van der Waals surface area contributed by atoms with Gasteiger partial charge in [-0.25, -0.2) is 0 Å². The van der Waals surface area contributed by atoms with Crippen molar-refractivity contribution in [3.63, 3.8) is 0 Å². The molecule has 0 bridgehead atoms. The molecule has 16 heavy (non-hydrogen) atoms. The summed E-state index contributed by atoms with van der Waals surface area (Å²) in [6, 6.07) is 0.217. The molecule has 1 rings (SSSR count). The average Bonchev–Trinajstić information content (AvgIpc) is 2.31. The summed E-state index contributed by atoms with van der Waals surface area (Å²) in [6.45, 7) is 3.16. The first-order valence-electron chi connectivity index (χ1n) is 6.34. The van der Waals surface area contributed by atoms with E-state index in [1.54, 1.807) is 0 Å². The van der Waals surface area contributed by atoms with Crippen LogP contribution in [-0.4, -0.2) is 62.6 Å². The van der Waals surface area contributed by atoms with E-state index in [-0.39, 0.29) is 12.6 Å². The van der Waals surface area contributed by atoms with Crippen LogP contribution in [0.15, 0.2) is 0 Å². The molecule has 1 heterocycles. The quantitative estimate of drug-likeness (QED) is 0.667. The van der Waals surface area contributed by atoms with Crippen molar-refractivity contribution in [2.75, 3.05) is 40.4 Å². The summed E-state index contributed by atoms with van der Waals surface area (Å²) >= 11 is 0. The molecule has 1 aliphatic heterocycles. The Bertz CT molecular complexity index is 168. The summed E-state index contributed by atoms with van der Waals surface area (Å²) in [5, 5.41) is 12.2. The number of aliphatic hydroxyl groups excluding tert-OH is 1. The van der Waals surface area contributed by atoms with E-state index in [2.05, 4.69) is 17.3 Å². The van der Waals surface area contributed by atoms with Gasteiger partial charge in [-0.1, -0.05) is 0 Å². The Balaban J connectivity index is 2.11. The second kappa shape index (κ2) is 8.01. The molecule has 0 aromatic rings. The van der Waals surface area contributed by atoms with Gasteiger partial charge in [-0.3, -0.25) is 0 Å². The fourth-order valence-corrected chi connectivity index (χ4v) is 2.09. The number of hydrogen-bond acceptors (Lipinski definition) is 4. The highest BCUT2D eigenvalue weighted by atomic mass is 16.5. The van der Waals surface area contributed by atoms with Gasteiger partial charge in [-0.15, -0.1) is 0 Å². The molecule has 0 saturated carbocycles. The first-order valence-corrected chi connectivity index (χ1v) is 6.34. The van der Waals surface area contributed by atoms with E-state index in [0.29, 0.717) is 6.10 Å². The maximum atomic E-state index is 9.05. The molecule has 0 aromatic heterocycles. The molecule has 1 saturated heterocycles. The number of ether oxygens (including phenoxy) is 1. The number of nitrogens with one attached hydrogen (secondary N) is 1. The summed E-state index contributed by atoms with van der Waals surface area (Å²) in [7, 11) is 4.02. The van der Waals surface area contributed by atoms with Crippen LogP contribution in [0.1, 0.15) is 25.7 Å². The van der Waals surface area contributed by atoms with Crippen molar-refractivity contribution in [1.29, 1.82) is 0 Å². The molecule has 0 amide bonds. The Morgan fingerprint density at radius 2 is 2.31 bits per heavy atom. The molecule has 0 aromatic carbocycles. The number of rotatable bonds is 7. The minimum Gasteiger partial charge on any atom is -0.395 e. The summed E-state index contributed by atoms with van der Waals surface area (Å²) in [4.78, 5) is 2.30. The molecule has 4 heteroatoms. The van der Waals surface area contributed by atoms with Crippen molar-refractivity contribution >= 4 is 0 Å². The standard InChI is InChI=1S/C12H26N2O2/c1-13-11(10-15)6-7-14(2)9-12-5-3-4-8-16-12/h11-13,15H,3-10H2,1-2H3. The lowest BCUT2D eigenvalue weighted by atomic mass is 10.1. The zero-order valence-electron chi connectivity index (χ0n) is 10.6. The SMILES string of the molecule is CNC(CO)CCN(C)CC1CCCCO1. The minimum atomic E-state index is 0.213. The molecule has 4 nitrogen and oxygen atoms in total. The largest absolute Gasteiger partial charge is 0.395 e. The second-order valence-corrected chi connectivity index (χ2v) is 4.71. The Kier molecular flexibility index (Phi) is 6.96. The molecule has 0 radical (unpaired) electrons. The van der Waals surface area contributed by atoms with Gasteiger partial charge in [-0.2, -0.15) is 0 Å². The van der Waals surface area contributed by atoms with Gasteiger partial charge in [-0.05, 0) is 46.3 Å². The third kappa shape index (κ3) is 5.25. The van der Waals surface area contributed by atoms with E-state index in [1.807, 2.05) is 7.05 Å². The van der Waals surface area contributed by atoms with Crippen LogP contribution in [0.5, 0.6) is 0 Å². The van der Waals surface area contributed by atoms with Crippen LogP contribution >= 0.6 is 0 Å². The Hall–Kier alpha value is -0.160. The van der Waals surface area contributed by atoms with Crippen LogP contribution in [0.3, 0.4) is 0 Å². The minimum absolute atomic E-state index is 0.213. The van der Waals surface area contributed by atoms with Gasteiger partial charge >= 0.3 is 0 Å². The normalized spacial score (nSPS) is 23.6. The first-order chi connectivity index (χ1) is 7.76. The highest BCUT2D eigenvalue weighted by Gasteiger charge is 2.16.